The number of aromatic nitrogens is 1. The van der Waals surface area contributed by atoms with Crippen molar-refractivity contribution in [1.82, 2.24) is 10.3 Å². The van der Waals surface area contributed by atoms with Crippen molar-refractivity contribution in [3.63, 3.8) is 0 Å². The van der Waals surface area contributed by atoms with Crippen LogP contribution in [-0.2, 0) is 0 Å². The molecule has 0 fully saturated rings. The quantitative estimate of drug-likeness (QED) is 0.876. The van der Waals surface area contributed by atoms with Crippen LogP contribution in [0.4, 0.5) is 0 Å². The number of benzene rings is 1. The molecule has 2 nitrogen and oxygen atoms in total. The molecule has 0 aliphatic rings. The first kappa shape index (κ1) is 14.3. The van der Waals surface area contributed by atoms with E-state index in [1.54, 1.807) is 12.3 Å². The van der Waals surface area contributed by atoms with Gasteiger partial charge in [-0.15, -0.1) is 0 Å². The van der Waals surface area contributed by atoms with E-state index < -0.39 is 0 Å². The van der Waals surface area contributed by atoms with Crippen molar-refractivity contribution in [1.29, 1.82) is 0 Å². The Hall–Kier alpha value is -1.09. The predicted molar refractivity (Wildman–Crippen MR) is 80.7 cm³/mol. The number of hydrogen-bond donors (Lipinski definition) is 1. The number of pyridine rings is 1. The van der Waals surface area contributed by atoms with E-state index in [1.807, 2.05) is 30.3 Å². The Balaban J connectivity index is 2.13. The average molecular weight is 295 g/mol. The smallest absolute Gasteiger partial charge is 0.0570 e. The molecule has 0 aliphatic heterocycles. The zero-order valence-corrected chi connectivity index (χ0v) is 12.4. The summed E-state index contributed by atoms with van der Waals surface area (Å²) in [6, 6.07) is 11.7. The molecular formula is C15H16Cl2N2. The van der Waals surface area contributed by atoms with Gasteiger partial charge < -0.3 is 5.32 Å². The molecule has 0 bridgehead atoms. The summed E-state index contributed by atoms with van der Waals surface area (Å²) in [7, 11) is 0. The minimum Gasteiger partial charge on any atom is -0.302 e. The summed E-state index contributed by atoms with van der Waals surface area (Å²) in [4.78, 5) is 4.34. The van der Waals surface area contributed by atoms with Crippen LogP contribution < -0.4 is 5.32 Å². The van der Waals surface area contributed by atoms with Gasteiger partial charge in [-0.2, -0.15) is 0 Å². The molecule has 2 atom stereocenters. The van der Waals surface area contributed by atoms with Crippen molar-refractivity contribution in [2.24, 2.45) is 0 Å². The molecule has 1 unspecified atom stereocenters. The normalized spacial score (nSPS) is 14.1. The lowest BCUT2D eigenvalue weighted by atomic mass is 10.1. The average Bonchev–Trinajstić information content (AvgIpc) is 2.42. The second kappa shape index (κ2) is 6.38. The van der Waals surface area contributed by atoms with Crippen LogP contribution in [0.1, 0.15) is 37.2 Å². The van der Waals surface area contributed by atoms with Crippen molar-refractivity contribution in [2.45, 2.75) is 25.9 Å². The molecule has 19 heavy (non-hydrogen) atoms. The molecule has 0 amide bonds. The summed E-state index contributed by atoms with van der Waals surface area (Å²) in [6.07, 6.45) is 1.80. The molecule has 0 radical (unpaired) electrons. The van der Waals surface area contributed by atoms with Crippen LogP contribution in [0.5, 0.6) is 0 Å². The number of rotatable bonds is 4. The Morgan fingerprint density at radius 3 is 2.53 bits per heavy atom. The summed E-state index contributed by atoms with van der Waals surface area (Å²) < 4.78 is 0. The van der Waals surface area contributed by atoms with Gasteiger partial charge in [0, 0.05) is 28.3 Å². The van der Waals surface area contributed by atoms with E-state index in [0.29, 0.717) is 5.02 Å². The minimum atomic E-state index is 0.100. The fourth-order valence-corrected chi connectivity index (χ4v) is 2.49. The molecule has 0 spiro atoms. The van der Waals surface area contributed by atoms with Gasteiger partial charge in [-0.3, -0.25) is 4.98 Å². The van der Waals surface area contributed by atoms with Gasteiger partial charge in [0.1, 0.15) is 0 Å². The Kier molecular flexibility index (Phi) is 4.81. The highest BCUT2D eigenvalue weighted by Crippen LogP contribution is 2.27. The molecule has 100 valence electrons. The fraction of sp³-hybridized carbons (Fsp3) is 0.267. The van der Waals surface area contributed by atoms with Gasteiger partial charge >= 0.3 is 0 Å². The van der Waals surface area contributed by atoms with Gasteiger partial charge in [-0.05, 0) is 49.7 Å². The van der Waals surface area contributed by atoms with Crippen molar-refractivity contribution >= 4 is 23.2 Å². The van der Waals surface area contributed by atoms with Gasteiger partial charge in [0.15, 0.2) is 0 Å². The minimum absolute atomic E-state index is 0.100. The van der Waals surface area contributed by atoms with Gasteiger partial charge in [0.25, 0.3) is 0 Å². The van der Waals surface area contributed by atoms with Crippen molar-refractivity contribution in [2.75, 3.05) is 0 Å². The SMILES string of the molecule is CC(N[C@@H](C)c1ccccn1)c1cc(Cl)ccc1Cl. The van der Waals surface area contributed by atoms with Crippen LogP contribution in [0.15, 0.2) is 42.6 Å². The molecule has 0 aliphatic carbocycles. The highest BCUT2D eigenvalue weighted by Gasteiger charge is 2.14. The lowest BCUT2D eigenvalue weighted by Gasteiger charge is -2.21. The third-order valence-corrected chi connectivity index (χ3v) is 3.64. The van der Waals surface area contributed by atoms with Crippen LogP contribution in [0.2, 0.25) is 10.0 Å². The third-order valence-electron chi connectivity index (χ3n) is 3.06. The molecule has 1 aromatic carbocycles. The van der Waals surface area contributed by atoms with Gasteiger partial charge in [-0.1, -0.05) is 29.3 Å². The Bertz CT molecular complexity index is 543. The maximum Gasteiger partial charge on any atom is 0.0570 e. The van der Waals surface area contributed by atoms with Crippen LogP contribution in [0.25, 0.3) is 0 Å². The van der Waals surface area contributed by atoms with Crippen LogP contribution in [-0.4, -0.2) is 4.98 Å². The fourth-order valence-electron chi connectivity index (χ4n) is 2.03. The van der Waals surface area contributed by atoms with Crippen molar-refractivity contribution < 1.29 is 0 Å². The van der Waals surface area contributed by atoms with E-state index in [-0.39, 0.29) is 12.1 Å². The van der Waals surface area contributed by atoms with Gasteiger partial charge in [0.2, 0.25) is 0 Å². The summed E-state index contributed by atoms with van der Waals surface area (Å²) in [5, 5.41) is 4.89. The second-order valence-electron chi connectivity index (χ2n) is 4.53. The van der Waals surface area contributed by atoms with E-state index in [0.717, 1.165) is 16.3 Å². The number of nitrogens with one attached hydrogen (secondary N) is 1. The van der Waals surface area contributed by atoms with E-state index in [4.69, 9.17) is 23.2 Å². The van der Waals surface area contributed by atoms with Crippen LogP contribution in [0, 0.1) is 0 Å². The first-order chi connectivity index (χ1) is 9.08. The third kappa shape index (κ3) is 3.69. The van der Waals surface area contributed by atoms with Gasteiger partial charge in [0.05, 0.1) is 5.69 Å². The molecule has 2 rings (SSSR count). The Morgan fingerprint density at radius 2 is 1.84 bits per heavy atom. The molecule has 2 aromatic rings. The van der Waals surface area contributed by atoms with Crippen molar-refractivity contribution in [3.8, 4) is 0 Å². The van der Waals surface area contributed by atoms with E-state index >= 15 is 0 Å². The summed E-state index contributed by atoms with van der Waals surface area (Å²) >= 11 is 12.2. The van der Waals surface area contributed by atoms with E-state index in [1.165, 1.54) is 0 Å². The van der Waals surface area contributed by atoms with Crippen LogP contribution in [0.3, 0.4) is 0 Å². The maximum atomic E-state index is 6.21. The second-order valence-corrected chi connectivity index (χ2v) is 5.37. The zero-order valence-electron chi connectivity index (χ0n) is 10.9. The summed E-state index contributed by atoms with van der Waals surface area (Å²) in [6.45, 7) is 4.15. The molecular weight excluding hydrogens is 279 g/mol. The molecule has 1 aromatic heterocycles. The standard InChI is InChI=1S/C15H16Cl2N2/c1-10(13-9-12(16)6-7-14(13)17)19-11(2)15-5-3-4-8-18-15/h3-11,19H,1-2H3/t10?,11-/m0/s1. The number of nitrogens with zero attached hydrogens (tertiary/aromatic N) is 1. The zero-order chi connectivity index (χ0) is 13.8. The lowest BCUT2D eigenvalue weighted by Crippen LogP contribution is -2.23. The molecule has 4 heteroatoms. The van der Waals surface area contributed by atoms with Crippen LogP contribution >= 0.6 is 23.2 Å². The number of hydrogen-bond acceptors (Lipinski definition) is 2. The summed E-state index contributed by atoms with van der Waals surface area (Å²) in [5.74, 6) is 0. The largest absolute Gasteiger partial charge is 0.302 e. The van der Waals surface area contributed by atoms with Crippen molar-refractivity contribution in [3.05, 3.63) is 63.9 Å². The van der Waals surface area contributed by atoms with E-state index in [2.05, 4.69) is 24.1 Å². The monoisotopic (exact) mass is 294 g/mol. The molecule has 0 saturated carbocycles. The lowest BCUT2D eigenvalue weighted by molar-refractivity contribution is 0.486. The predicted octanol–water partition coefficient (Wildman–Crippen LogP) is 4.80. The first-order valence-electron chi connectivity index (χ1n) is 6.20. The Morgan fingerprint density at radius 1 is 1.05 bits per heavy atom. The molecule has 1 heterocycles. The highest BCUT2D eigenvalue weighted by atomic mass is 35.5. The topological polar surface area (TPSA) is 24.9 Å². The first-order valence-corrected chi connectivity index (χ1v) is 6.95. The van der Waals surface area contributed by atoms with Gasteiger partial charge in [-0.25, -0.2) is 0 Å². The molecule has 1 N–H and O–H groups in total. The summed E-state index contributed by atoms with van der Waals surface area (Å²) in [5.41, 5.74) is 2.00. The maximum absolute atomic E-state index is 6.21. The number of halogens is 2. The highest BCUT2D eigenvalue weighted by molar-refractivity contribution is 6.33. The molecule has 0 saturated heterocycles. The Labute approximate surface area is 123 Å². The van der Waals surface area contributed by atoms with E-state index in [9.17, 15) is 0 Å².